The minimum absolute atomic E-state index is 0.0124. The van der Waals surface area contributed by atoms with Gasteiger partial charge in [-0.1, -0.05) is 30.3 Å². The van der Waals surface area contributed by atoms with E-state index in [-0.39, 0.29) is 18.2 Å². The highest BCUT2D eigenvalue weighted by atomic mass is 32.2. The summed E-state index contributed by atoms with van der Waals surface area (Å²) in [5.74, 6) is -0.806. The van der Waals surface area contributed by atoms with Crippen molar-refractivity contribution in [1.82, 2.24) is 4.90 Å². The molecule has 0 aliphatic heterocycles. The zero-order chi connectivity index (χ0) is 19.8. The van der Waals surface area contributed by atoms with Crippen LogP contribution in [0.15, 0.2) is 59.5 Å². The second-order valence-electron chi connectivity index (χ2n) is 5.85. The number of carbonyl (C=O) groups excluding carboxylic acids is 2. The number of nitro benzene ring substituents is 1. The van der Waals surface area contributed by atoms with Gasteiger partial charge in [0.2, 0.25) is 0 Å². The van der Waals surface area contributed by atoms with Crippen molar-refractivity contribution in [3.05, 3.63) is 70.3 Å². The summed E-state index contributed by atoms with van der Waals surface area (Å²) in [5.41, 5.74) is 0.975. The first-order valence-corrected chi connectivity index (χ1v) is 9.10. The van der Waals surface area contributed by atoms with Crippen molar-refractivity contribution in [3.63, 3.8) is 0 Å². The molecule has 0 N–H and O–H groups in total. The average Bonchev–Trinajstić information content (AvgIpc) is 2.66. The maximum Gasteiger partial charge on any atom is 0.319 e. The zero-order valence-electron chi connectivity index (χ0n) is 15.0. The van der Waals surface area contributed by atoms with E-state index in [1.807, 2.05) is 30.3 Å². The van der Waals surface area contributed by atoms with E-state index >= 15 is 0 Å². The fraction of sp³-hybridized carbons (Fsp3) is 0.263. The van der Waals surface area contributed by atoms with Gasteiger partial charge in [0.05, 0.1) is 4.92 Å². The summed E-state index contributed by atoms with van der Waals surface area (Å²) < 4.78 is 5.10. The molecule has 0 bridgehead atoms. The molecule has 7 nitrogen and oxygen atoms in total. The summed E-state index contributed by atoms with van der Waals surface area (Å²) in [6, 6.07) is 15.4. The number of ether oxygens (including phenoxy) is 1. The van der Waals surface area contributed by atoms with E-state index in [4.69, 9.17) is 4.74 Å². The average molecular weight is 388 g/mol. The van der Waals surface area contributed by atoms with Crippen LogP contribution in [0.25, 0.3) is 0 Å². The molecule has 2 rings (SSSR count). The molecule has 27 heavy (non-hydrogen) atoms. The summed E-state index contributed by atoms with van der Waals surface area (Å²) >= 11 is 1.21. The van der Waals surface area contributed by atoms with Gasteiger partial charge in [-0.25, -0.2) is 0 Å². The molecule has 0 aliphatic carbocycles. The number of esters is 1. The number of hydrogen-bond donors (Lipinski definition) is 0. The number of benzene rings is 2. The van der Waals surface area contributed by atoms with Gasteiger partial charge in [0.15, 0.2) is 6.61 Å². The lowest BCUT2D eigenvalue weighted by molar-refractivity contribution is -0.384. The highest BCUT2D eigenvalue weighted by molar-refractivity contribution is 8.00. The molecule has 1 amide bonds. The Kier molecular flexibility index (Phi) is 7.36. The number of nitro groups is 1. The van der Waals surface area contributed by atoms with Crippen molar-refractivity contribution in [2.75, 3.05) is 13.7 Å². The summed E-state index contributed by atoms with van der Waals surface area (Å²) in [5, 5.41) is 10.1. The lowest BCUT2D eigenvalue weighted by Crippen LogP contribution is -2.32. The van der Waals surface area contributed by atoms with Crippen molar-refractivity contribution in [1.29, 1.82) is 0 Å². The standard InChI is InChI=1S/C19H20N2O5S/c1-14(27-17-10-8-16(9-11-17)21(24)25)19(23)26-13-18(22)20(2)12-15-6-4-3-5-7-15/h3-11,14H,12-13H2,1-2H3/t14-/m0/s1. The Morgan fingerprint density at radius 3 is 2.37 bits per heavy atom. The topological polar surface area (TPSA) is 89.7 Å². The van der Waals surface area contributed by atoms with Crippen LogP contribution in [0, 0.1) is 10.1 Å². The molecular formula is C19H20N2O5S. The van der Waals surface area contributed by atoms with Gasteiger partial charge < -0.3 is 9.64 Å². The first-order valence-electron chi connectivity index (χ1n) is 8.22. The van der Waals surface area contributed by atoms with Gasteiger partial charge >= 0.3 is 5.97 Å². The number of non-ortho nitro benzene ring substituents is 1. The van der Waals surface area contributed by atoms with Crippen LogP contribution < -0.4 is 0 Å². The Morgan fingerprint density at radius 2 is 1.78 bits per heavy atom. The predicted octanol–water partition coefficient (Wildman–Crippen LogP) is 3.28. The second-order valence-corrected chi connectivity index (χ2v) is 7.27. The molecule has 2 aromatic rings. The fourth-order valence-corrected chi connectivity index (χ4v) is 3.07. The third-order valence-corrected chi connectivity index (χ3v) is 4.81. The van der Waals surface area contributed by atoms with Crippen LogP contribution in [0.5, 0.6) is 0 Å². The van der Waals surface area contributed by atoms with Crippen molar-refractivity contribution in [3.8, 4) is 0 Å². The third kappa shape index (κ3) is 6.41. The molecule has 0 unspecified atom stereocenters. The Labute approximate surface area is 161 Å². The number of rotatable bonds is 8. The predicted molar refractivity (Wildman–Crippen MR) is 102 cm³/mol. The van der Waals surface area contributed by atoms with E-state index < -0.39 is 16.1 Å². The van der Waals surface area contributed by atoms with Crippen molar-refractivity contribution < 1.29 is 19.2 Å². The van der Waals surface area contributed by atoms with E-state index in [2.05, 4.69) is 0 Å². The van der Waals surface area contributed by atoms with E-state index in [1.54, 1.807) is 26.1 Å². The van der Waals surface area contributed by atoms with E-state index in [0.717, 1.165) is 5.56 Å². The summed E-state index contributed by atoms with van der Waals surface area (Å²) in [4.78, 5) is 36.6. The molecule has 0 fully saturated rings. The quantitative estimate of drug-likeness (QED) is 0.298. The summed E-state index contributed by atoms with van der Waals surface area (Å²) in [6.45, 7) is 1.77. The fourth-order valence-electron chi connectivity index (χ4n) is 2.20. The van der Waals surface area contributed by atoms with Gasteiger partial charge in [-0.2, -0.15) is 0 Å². The minimum Gasteiger partial charge on any atom is -0.455 e. The lowest BCUT2D eigenvalue weighted by atomic mass is 10.2. The first-order chi connectivity index (χ1) is 12.9. The molecule has 0 aliphatic rings. The van der Waals surface area contributed by atoms with Gasteiger partial charge in [-0.05, 0) is 24.6 Å². The highest BCUT2D eigenvalue weighted by Crippen LogP contribution is 2.26. The normalized spacial score (nSPS) is 11.5. The molecule has 142 valence electrons. The molecule has 0 spiro atoms. The van der Waals surface area contributed by atoms with Crippen LogP contribution in [-0.2, 0) is 20.9 Å². The summed E-state index contributed by atoms with van der Waals surface area (Å²) in [6.07, 6.45) is 0. The monoisotopic (exact) mass is 388 g/mol. The van der Waals surface area contributed by atoms with Gasteiger partial charge in [-0.3, -0.25) is 19.7 Å². The number of nitrogens with zero attached hydrogens (tertiary/aromatic N) is 2. The molecule has 0 heterocycles. The van der Waals surface area contributed by atoms with Crippen LogP contribution in [0.3, 0.4) is 0 Å². The minimum atomic E-state index is -0.543. The maximum absolute atomic E-state index is 12.1. The Morgan fingerprint density at radius 1 is 1.15 bits per heavy atom. The van der Waals surface area contributed by atoms with Gasteiger partial charge in [0.1, 0.15) is 5.25 Å². The van der Waals surface area contributed by atoms with Gasteiger partial charge in [0.25, 0.3) is 11.6 Å². The van der Waals surface area contributed by atoms with Gasteiger partial charge in [-0.15, -0.1) is 11.8 Å². The molecule has 0 aromatic heterocycles. The SMILES string of the molecule is C[C@H](Sc1ccc([N+](=O)[O-])cc1)C(=O)OCC(=O)N(C)Cc1ccccc1. The number of amides is 1. The first kappa shape index (κ1) is 20.4. The van der Waals surface area contributed by atoms with Crippen molar-refractivity contribution in [2.45, 2.75) is 23.6 Å². The smallest absolute Gasteiger partial charge is 0.319 e. The maximum atomic E-state index is 12.1. The van der Waals surface area contributed by atoms with Crippen LogP contribution in [-0.4, -0.2) is 40.6 Å². The van der Waals surface area contributed by atoms with Crippen molar-refractivity contribution >= 4 is 29.3 Å². The van der Waals surface area contributed by atoms with Crippen LogP contribution in [0.2, 0.25) is 0 Å². The second kappa shape index (κ2) is 9.72. The highest BCUT2D eigenvalue weighted by Gasteiger charge is 2.19. The summed E-state index contributed by atoms with van der Waals surface area (Å²) in [7, 11) is 1.65. The van der Waals surface area contributed by atoms with Crippen LogP contribution in [0.4, 0.5) is 5.69 Å². The number of likely N-dealkylation sites (N-methyl/N-ethyl adjacent to an activating group) is 1. The van der Waals surface area contributed by atoms with Crippen LogP contribution >= 0.6 is 11.8 Å². The molecule has 2 aromatic carbocycles. The lowest BCUT2D eigenvalue weighted by Gasteiger charge is -2.18. The Hall–Kier alpha value is -2.87. The van der Waals surface area contributed by atoms with Gasteiger partial charge in [0, 0.05) is 30.6 Å². The van der Waals surface area contributed by atoms with Crippen LogP contribution in [0.1, 0.15) is 12.5 Å². The number of thioether (sulfide) groups is 1. The molecule has 0 saturated carbocycles. The zero-order valence-corrected chi connectivity index (χ0v) is 15.8. The van der Waals surface area contributed by atoms with E-state index in [0.29, 0.717) is 11.4 Å². The number of hydrogen-bond acceptors (Lipinski definition) is 6. The third-order valence-electron chi connectivity index (χ3n) is 3.72. The van der Waals surface area contributed by atoms with Crippen molar-refractivity contribution in [2.24, 2.45) is 0 Å². The largest absolute Gasteiger partial charge is 0.455 e. The molecular weight excluding hydrogens is 368 g/mol. The molecule has 0 radical (unpaired) electrons. The molecule has 0 saturated heterocycles. The van der Waals surface area contributed by atoms with E-state index in [1.165, 1.54) is 28.8 Å². The Balaban J connectivity index is 1.79. The molecule has 1 atom stereocenters. The molecule has 8 heteroatoms. The Bertz CT molecular complexity index is 796. The number of carbonyl (C=O) groups is 2. The van der Waals surface area contributed by atoms with E-state index in [9.17, 15) is 19.7 Å².